The molecule has 2 N–H and O–H groups in total. The highest BCUT2D eigenvalue weighted by molar-refractivity contribution is 5.71. The van der Waals surface area contributed by atoms with Crippen LogP contribution in [-0.2, 0) is 11.2 Å². The zero-order valence-electron chi connectivity index (χ0n) is 7.48. The van der Waals surface area contributed by atoms with E-state index in [1.807, 2.05) is 0 Å². The third kappa shape index (κ3) is 2.81. The molecule has 0 saturated heterocycles. The molecule has 0 amide bonds. The third-order valence-corrected chi connectivity index (χ3v) is 1.93. The van der Waals surface area contributed by atoms with Gasteiger partial charge in [-0.2, -0.15) is 0 Å². The number of rotatable bonds is 4. The van der Waals surface area contributed by atoms with E-state index in [4.69, 9.17) is 10.2 Å². The lowest BCUT2D eigenvalue weighted by molar-refractivity contribution is -0.146. The minimum Gasteiger partial charge on any atom is -0.479 e. The summed E-state index contributed by atoms with van der Waals surface area (Å²) in [4.78, 5) is 10.3. The minimum absolute atomic E-state index is 0.0241. The van der Waals surface area contributed by atoms with Gasteiger partial charge in [0, 0.05) is 0 Å². The largest absolute Gasteiger partial charge is 0.479 e. The van der Waals surface area contributed by atoms with Crippen molar-refractivity contribution < 1.29 is 19.4 Å². The van der Waals surface area contributed by atoms with Gasteiger partial charge in [0.25, 0.3) is 0 Å². The van der Waals surface area contributed by atoms with Gasteiger partial charge in [-0.15, -0.1) is 0 Å². The first-order chi connectivity index (χ1) is 6.61. The number of aryl methyl sites for hydroxylation is 1. The number of carboxylic acid groups (broad SMARTS) is 1. The quantitative estimate of drug-likeness (QED) is 0.764. The molecule has 0 saturated carbocycles. The molecule has 0 aliphatic rings. The monoisotopic (exact) mass is 198 g/mol. The van der Waals surface area contributed by atoms with E-state index >= 15 is 0 Å². The highest BCUT2D eigenvalue weighted by Crippen LogP contribution is 2.10. The average molecular weight is 198 g/mol. The highest BCUT2D eigenvalue weighted by Gasteiger charge is 2.13. The standard InChI is InChI=1S/C10H11FO3/c11-8-4-2-1-3-7(8)5-6-9(12)10(13)14/h1-4,9,12H,5-6H2,(H,13,14). The molecule has 0 heterocycles. The summed E-state index contributed by atoms with van der Waals surface area (Å²) >= 11 is 0. The summed E-state index contributed by atoms with van der Waals surface area (Å²) in [6.07, 6.45) is -1.18. The van der Waals surface area contributed by atoms with Crippen LogP contribution in [0.2, 0.25) is 0 Å². The van der Waals surface area contributed by atoms with Crippen LogP contribution in [0.25, 0.3) is 0 Å². The Balaban J connectivity index is 2.54. The fourth-order valence-corrected chi connectivity index (χ4v) is 1.12. The number of hydrogen-bond acceptors (Lipinski definition) is 2. The molecule has 0 bridgehead atoms. The summed E-state index contributed by atoms with van der Waals surface area (Å²) in [6.45, 7) is 0. The predicted molar refractivity (Wildman–Crippen MR) is 48.4 cm³/mol. The van der Waals surface area contributed by atoms with Crippen LogP contribution >= 0.6 is 0 Å². The molecule has 0 aromatic heterocycles. The molecule has 76 valence electrons. The minimum atomic E-state index is -1.42. The van der Waals surface area contributed by atoms with Crippen molar-refractivity contribution in [2.75, 3.05) is 0 Å². The van der Waals surface area contributed by atoms with Gasteiger partial charge in [-0.1, -0.05) is 18.2 Å². The number of aliphatic hydroxyl groups excluding tert-OH is 1. The Morgan fingerprint density at radius 2 is 2.07 bits per heavy atom. The SMILES string of the molecule is O=C(O)C(O)CCc1ccccc1F. The molecule has 0 aliphatic carbocycles. The normalized spacial score (nSPS) is 12.4. The van der Waals surface area contributed by atoms with Crippen LogP contribution in [0, 0.1) is 5.82 Å². The Morgan fingerprint density at radius 1 is 1.43 bits per heavy atom. The Morgan fingerprint density at radius 3 is 2.64 bits per heavy atom. The fraction of sp³-hybridized carbons (Fsp3) is 0.300. The number of carboxylic acids is 1. The molecule has 3 nitrogen and oxygen atoms in total. The lowest BCUT2D eigenvalue weighted by Crippen LogP contribution is -2.20. The van der Waals surface area contributed by atoms with E-state index in [2.05, 4.69) is 0 Å². The van der Waals surface area contributed by atoms with E-state index < -0.39 is 12.1 Å². The summed E-state index contributed by atoms with van der Waals surface area (Å²) in [5.74, 6) is -1.65. The van der Waals surface area contributed by atoms with Gasteiger partial charge >= 0.3 is 5.97 Å². The Labute approximate surface area is 80.8 Å². The van der Waals surface area contributed by atoms with Crippen molar-refractivity contribution in [3.63, 3.8) is 0 Å². The zero-order valence-corrected chi connectivity index (χ0v) is 7.48. The van der Waals surface area contributed by atoms with Crippen molar-refractivity contribution in [1.82, 2.24) is 0 Å². The molecule has 0 fully saturated rings. The second-order valence-electron chi connectivity index (χ2n) is 2.98. The number of benzene rings is 1. The van der Waals surface area contributed by atoms with Crippen molar-refractivity contribution in [1.29, 1.82) is 0 Å². The second-order valence-corrected chi connectivity index (χ2v) is 2.98. The van der Waals surface area contributed by atoms with Crippen LogP contribution in [-0.4, -0.2) is 22.3 Å². The number of hydrogen-bond donors (Lipinski definition) is 2. The van der Waals surface area contributed by atoms with Crippen molar-refractivity contribution in [2.45, 2.75) is 18.9 Å². The van der Waals surface area contributed by atoms with Crippen LogP contribution in [0.1, 0.15) is 12.0 Å². The van der Waals surface area contributed by atoms with Gasteiger partial charge in [0.05, 0.1) is 0 Å². The summed E-state index contributed by atoms with van der Waals surface area (Å²) in [5, 5.41) is 17.3. The molecule has 0 radical (unpaired) electrons. The van der Waals surface area contributed by atoms with Gasteiger partial charge in [0.15, 0.2) is 6.10 Å². The molecule has 1 aromatic rings. The smallest absolute Gasteiger partial charge is 0.332 e. The van der Waals surface area contributed by atoms with E-state index in [9.17, 15) is 9.18 Å². The number of halogens is 1. The van der Waals surface area contributed by atoms with E-state index in [-0.39, 0.29) is 18.7 Å². The van der Waals surface area contributed by atoms with E-state index in [1.54, 1.807) is 18.2 Å². The van der Waals surface area contributed by atoms with Crippen LogP contribution in [0.3, 0.4) is 0 Å². The van der Waals surface area contributed by atoms with E-state index in [1.165, 1.54) is 6.07 Å². The molecule has 4 heteroatoms. The second kappa shape index (κ2) is 4.72. The van der Waals surface area contributed by atoms with Crippen LogP contribution < -0.4 is 0 Å². The fourth-order valence-electron chi connectivity index (χ4n) is 1.12. The number of carbonyl (C=O) groups is 1. The topological polar surface area (TPSA) is 57.5 Å². The zero-order chi connectivity index (χ0) is 10.6. The summed E-state index contributed by atoms with van der Waals surface area (Å²) in [6, 6.07) is 6.12. The molecule has 1 aromatic carbocycles. The van der Waals surface area contributed by atoms with Crippen LogP contribution in [0.5, 0.6) is 0 Å². The van der Waals surface area contributed by atoms with Gasteiger partial charge in [0.2, 0.25) is 0 Å². The Hall–Kier alpha value is -1.42. The molecule has 1 rings (SSSR count). The maximum absolute atomic E-state index is 13.0. The molecular formula is C10H11FO3. The van der Waals surface area contributed by atoms with Crippen molar-refractivity contribution in [2.24, 2.45) is 0 Å². The first-order valence-electron chi connectivity index (χ1n) is 4.25. The van der Waals surface area contributed by atoms with Gasteiger partial charge in [0.1, 0.15) is 5.82 Å². The van der Waals surface area contributed by atoms with Crippen LogP contribution in [0.15, 0.2) is 24.3 Å². The van der Waals surface area contributed by atoms with Gasteiger partial charge in [-0.3, -0.25) is 0 Å². The first-order valence-corrected chi connectivity index (χ1v) is 4.25. The van der Waals surface area contributed by atoms with Gasteiger partial charge < -0.3 is 10.2 Å². The Bertz CT molecular complexity index is 325. The summed E-state index contributed by atoms with van der Waals surface area (Å²) < 4.78 is 13.0. The van der Waals surface area contributed by atoms with Crippen LogP contribution in [0.4, 0.5) is 4.39 Å². The maximum atomic E-state index is 13.0. The number of aliphatic hydroxyl groups is 1. The Kier molecular flexibility index (Phi) is 3.59. The molecule has 14 heavy (non-hydrogen) atoms. The first kappa shape index (κ1) is 10.7. The van der Waals surface area contributed by atoms with Crippen molar-refractivity contribution in [3.05, 3.63) is 35.6 Å². The summed E-state index contributed by atoms with van der Waals surface area (Å²) in [5.41, 5.74) is 0.424. The molecule has 1 unspecified atom stereocenters. The lowest BCUT2D eigenvalue weighted by Gasteiger charge is -2.05. The lowest BCUT2D eigenvalue weighted by atomic mass is 10.1. The van der Waals surface area contributed by atoms with Gasteiger partial charge in [-0.05, 0) is 24.5 Å². The average Bonchev–Trinajstić information content (AvgIpc) is 2.16. The van der Waals surface area contributed by atoms with Gasteiger partial charge in [-0.25, -0.2) is 9.18 Å². The maximum Gasteiger partial charge on any atom is 0.332 e. The molecule has 0 aliphatic heterocycles. The van der Waals surface area contributed by atoms with Crippen molar-refractivity contribution in [3.8, 4) is 0 Å². The molecular weight excluding hydrogens is 187 g/mol. The number of aliphatic carboxylic acids is 1. The summed E-state index contributed by atoms with van der Waals surface area (Å²) in [7, 11) is 0. The molecule has 1 atom stereocenters. The van der Waals surface area contributed by atoms with E-state index in [0.717, 1.165) is 0 Å². The highest BCUT2D eigenvalue weighted by atomic mass is 19.1. The third-order valence-electron chi connectivity index (χ3n) is 1.93. The van der Waals surface area contributed by atoms with E-state index in [0.29, 0.717) is 5.56 Å². The predicted octanol–water partition coefficient (Wildman–Crippen LogP) is 1.20. The van der Waals surface area contributed by atoms with Crippen molar-refractivity contribution >= 4 is 5.97 Å². The molecule has 0 spiro atoms.